The van der Waals surface area contributed by atoms with E-state index >= 15 is 0 Å². The SMILES string of the molecule is NC(Nc1ccc(/N=C\SCc2ccccc2)cc1)SCc1ccccc1. The molecule has 3 aromatic carbocycles. The zero-order chi connectivity index (χ0) is 18.7. The molecule has 1 atom stereocenters. The van der Waals surface area contributed by atoms with Crippen LogP contribution in [-0.2, 0) is 11.5 Å². The second-order valence-corrected chi connectivity index (χ2v) is 7.90. The number of nitrogens with one attached hydrogen (secondary N) is 1. The van der Waals surface area contributed by atoms with E-state index in [9.17, 15) is 0 Å². The minimum absolute atomic E-state index is 0.152. The van der Waals surface area contributed by atoms with E-state index < -0.39 is 0 Å². The number of aliphatic imine (C=N–C) groups is 1. The van der Waals surface area contributed by atoms with Gasteiger partial charge in [-0.2, -0.15) is 0 Å². The Morgan fingerprint density at radius 3 is 2.04 bits per heavy atom. The van der Waals surface area contributed by atoms with Gasteiger partial charge in [0.15, 0.2) is 0 Å². The van der Waals surface area contributed by atoms with Crippen LogP contribution >= 0.6 is 23.5 Å². The maximum absolute atomic E-state index is 6.16. The van der Waals surface area contributed by atoms with Crippen molar-refractivity contribution in [2.24, 2.45) is 10.7 Å². The summed E-state index contributed by atoms with van der Waals surface area (Å²) in [5.41, 5.74) is 12.4. The summed E-state index contributed by atoms with van der Waals surface area (Å²) < 4.78 is 0. The fourth-order valence-electron chi connectivity index (χ4n) is 2.42. The summed E-state index contributed by atoms with van der Waals surface area (Å²) in [6.07, 6.45) is 0. The predicted octanol–water partition coefficient (Wildman–Crippen LogP) is 5.87. The largest absolute Gasteiger partial charge is 0.361 e. The molecular formula is C22H23N3S2. The minimum atomic E-state index is -0.152. The standard InChI is InChI=1S/C22H23N3S2/c23-22(27-16-19-9-5-2-6-10-19)25-21-13-11-20(12-14-21)24-17-26-15-18-7-3-1-4-8-18/h1-14,17,22,25H,15-16,23H2/b24-17-. The molecule has 27 heavy (non-hydrogen) atoms. The minimum Gasteiger partial charge on any atom is -0.361 e. The van der Waals surface area contributed by atoms with E-state index in [0.717, 1.165) is 22.9 Å². The van der Waals surface area contributed by atoms with Crippen LogP contribution in [0.25, 0.3) is 0 Å². The van der Waals surface area contributed by atoms with Crippen molar-refractivity contribution >= 4 is 40.4 Å². The molecule has 0 bridgehead atoms. The maximum atomic E-state index is 6.16. The van der Waals surface area contributed by atoms with Crippen molar-refractivity contribution in [2.45, 2.75) is 17.0 Å². The van der Waals surface area contributed by atoms with Gasteiger partial charge in [0.1, 0.15) is 5.50 Å². The quantitative estimate of drug-likeness (QED) is 0.271. The molecule has 0 spiro atoms. The lowest BCUT2D eigenvalue weighted by Gasteiger charge is -2.14. The number of nitrogens with two attached hydrogens (primary N) is 1. The van der Waals surface area contributed by atoms with Gasteiger partial charge in [-0.15, -0.1) is 23.5 Å². The van der Waals surface area contributed by atoms with Gasteiger partial charge in [0.2, 0.25) is 0 Å². The highest BCUT2D eigenvalue weighted by Gasteiger charge is 2.03. The molecular weight excluding hydrogens is 370 g/mol. The van der Waals surface area contributed by atoms with Crippen LogP contribution < -0.4 is 11.1 Å². The Labute approximate surface area is 169 Å². The molecule has 0 aliphatic rings. The molecule has 5 heteroatoms. The van der Waals surface area contributed by atoms with Gasteiger partial charge in [0.05, 0.1) is 11.2 Å². The zero-order valence-corrected chi connectivity index (χ0v) is 16.6. The Balaban J connectivity index is 1.42. The fourth-order valence-corrected chi connectivity index (χ4v) is 3.86. The van der Waals surface area contributed by atoms with Crippen LogP contribution in [-0.4, -0.2) is 11.0 Å². The first-order valence-electron chi connectivity index (χ1n) is 8.75. The second kappa shape index (κ2) is 10.8. The fraction of sp³-hybridized carbons (Fsp3) is 0.136. The summed E-state index contributed by atoms with van der Waals surface area (Å²) in [4.78, 5) is 4.49. The number of thioether (sulfide) groups is 2. The Morgan fingerprint density at radius 2 is 1.41 bits per heavy atom. The summed E-state index contributed by atoms with van der Waals surface area (Å²) in [6.45, 7) is 0. The highest BCUT2D eigenvalue weighted by Crippen LogP contribution is 2.21. The number of anilines is 1. The van der Waals surface area contributed by atoms with Crippen LogP contribution in [0, 0.1) is 0 Å². The van der Waals surface area contributed by atoms with Gasteiger partial charge in [-0.05, 0) is 35.4 Å². The van der Waals surface area contributed by atoms with Gasteiger partial charge in [-0.3, -0.25) is 4.99 Å². The van der Waals surface area contributed by atoms with E-state index in [1.807, 2.05) is 54.1 Å². The first kappa shape index (κ1) is 19.5. The highest BCUT2D eigenvalue weighted by molar-refractivity contribution is 8.11. The van der Waals surface area contributed by atoms with Crippen molar-refractivity contribution in [1.82, 2.24) is 0 Å². The van der Waals surface area contributed by atoms with Gasteiger partial charge >= 0.3 is 0 Å². The lowest BCUT2D eigenvalue weighted by Crippen LogP contribution is -2.25. The monoisotopic (exact) mass is 393 g/mol. The number of hydrogen-bond acceptors (Lipinski definition) is 5. The Bertz CT molecular complexity index is 821. The summed E-state index contributed by atoms with van der Waals surface area (Å²) in [5, 5.41) is 3.31. The van der Waals surface area contributed by atoms with Gasteiger partial charge in [-0.25, -0.2) is 0 Å². The van der Waals surface area contributed by atoms with E-state index in [4.69, 9.17) is 5.73 Å². The Hall–Kier alpha value is -2.21. The first-order chi connectivity index (χ1) is 13.3. The van der Waals surface area contributed by atoms with Gasteiger partial charge in [0, 0.05) is 17.2 Å². The van der Waals surface area contributed by atoms with Crippen LogP contribution in [0.3, 0.4) is 0 Å². The molecule has 3 N–H and O–H groups in total. The van der Waals surface area contributed by atoms with Crippen LogP contribution in [0.2, 0.25) is 0 Å². The Morgan fingerprint density at radius 1 is 0.815 bits per heavy atom. The first-order valence-corrected chi connectivity index (χ1v) is 10.8. The average Bonchev–Trinajstić information content (AvgIpc) is 2.72. The van der Waals surface area contributed by atoms with Gasteiger partial charge in [-0.1, -0.05) is 60.7 Å². The van der Waals surface area contributed by atoms with Crippen LogP contribution in [0.4, 0.5) is 11.4 Å². The smallest absolute Gasteiger partial charge is 0.123 e. The Kier molecular flexibility index (Phi) is 7.84. The van der Waals surface area contributed by atoms with Crippen molar-refractivity contribution in [2.75, 3.05) is 5.32 Å². The van der Waals surface area contributed by atoms with E-state index in [1.165, 1.54) is 11.1 Å². The number of nitrogens with zero attached hydrogens (tertiary/aromatic N) is 1. The van der Waals surface area contributed by atoms with E-state index in [1.54, 1.807) is 23.5 Å². The lowest BCUT2D eigenvalue weighted by atomic mass is 10.2. The van der Waals surface area contributed by atoms with Crippen LogP contribution in [0.1, 0.15) is 11.1 Å². The third-order valence-corrected chi connectivity index (χ3v) is 5.55. The maximum Gasteiger partial charge on any atom is 0.123 e. The molecule has 0 fully saturated rings. The second-order valence-electron chi connectivity index (χ2n) is 5.94. The molecule has 0 aliphatic heterocycles. The molecule has 3 nitrogen and oxygen atoms in total. The third kappa shape index (κ3) is 7.13. The molecule has 0 saturated carbocycles. The van der Waals surface area contributed by atoms with Crippen LogP contribution in [0.15, 0.2) is 89.9 Å². The number of benzene rings is 3. The van der Waals surface area contributed by atoms with E-state index in [0.29, 0.717) is 0 Å². The summed E-state index contributed by atoms with van der Waals surface area (Å²) in [5.74, 6) is 1.81. The number of hydrogen-bond donors (Lipinski definition) is 2. The van der Waals surface area contributed by atoms with Crippen molar-refractivity contribution in [1.29, 1.82) is 0 Å². The lowest BCUT2D eigenvalue weighted by molar-refractivity contribution is 1.06. The molecule has 0 aliphatic carbocycles. The van der Waals surface area contributed by atoms with E-state index in [2.05, 4.69) is 46.7 Å². The van der Waals surface area contributed by atoms with Crippen molar-refractivity contribution < 1.29 is 0 Å². The van der Waals surface area contributed by atoms with Crippen molar-refractivity contribution in [3.05, 3.63) is 96.1 Å². The highest BCUT2D eigenvalue weighted by atomic mass is 32.2. The van der Waals surface area contributed by atoms with Gasteiger partial charge < -0.3 is 11.1 Å². The summed E-state index contributed by atoms with van der Waals surface area (Å²) in [7, 11) is 0. The molecule has 0 aromatic heterocycles. The summed E-state index contributed by atoms with van der Waals surface area (Å²) >= 11 is 3.37. The molecule has 3 aromatic rings. The average molecular weight is 394 g/mol. The normalized spacial score (nSPS) is 12.2. The predicted molar refractivity (Wildman–Crippen MR) is 122 cm³/mol. The van der Waals surface area contributed by atoms with Crippen LogP contribution in [0.5, 0.6) is 0 Å². The van der Waals surface area contributed by atoms with Crippen molar-refractivity contribution in [3.8, 4) is 0 Å². The molecule has 0 saturated heterocycles. The summed E-state index contributed by atoms with van der Waals surface area (Å²) in [6, 6.07) is 28.8. The van der Waals surface area contributed by atoms with E-state index in [-0.39, 0.29) is 5.50 Å². The third-order valence-electron chi connectivity index (χ3n) is 3.82. The molecule has 3 rings (SSSR count). The molecule has 0 radical (unpaired) electrons. The zero-order valence-electron chi connectivity index (χ0n) is 15.0. The van der Waals surface area contributed by atoms with Crippen molar-refractivity contribution in [3.63, 3.8) is 0 Å². The molecule has 0 amide bonds. The molecule has 138 valence electrons. The molecule has 0 heterocycles. The number of rotatable bonds is 9. The molecule has 1 unspecified atom stereocenters. The van der Waals surface area contributed by atoms with Gasteiger partial charge in [0.25, 0.3) is 0 Å². The topological polar surface area (TPSA) is 50.4 Å².